The highest BCUT2D eigenvalue weighted by molar-refractivity contribution is 5.71. The predicted octanol–water partition coefficient (Wildman–Crippen LogP) is 3.61. The summed E-state index contributed by atoms with van der Waals surface area (Å²) in [5, 5.41) is 0. The van der Waals surface area contributed by atoms with Gasteiger partial charge in [0.25, 0.3) is 0 Å². The topological polar surface area (TPSA) is 35.2 Å². The van der Waals surface area contributed by atoms with Gasteiger partial charge in [0.1, 0.15) is 11.6 Å². The molecular formula is C15H22FNO. The van der Waals surface area contributed by atoms with Crippen molar-refractivity contribution >= 4 is 5.57 Å². The van der Waals surface area contributed by atoms with Crippen molar-refractivity contribution in [2.24, 2.45) is 11.7 Å². The van der Waals surface area contributed by atoms with Crippen LogP contribution in [0.2, 0.25) is 0 Å². The van der Waals surface area contributed by atoms with E-state index in [1.807, 2.05) is 0 Å². The van der Waals surface area contributed by atoms with E-state index in [1.165, 1.54) is 12.1 Å². The van der Waals surface area contributed by atoms with Crippen LogP contribution in [0.1, 0.15) is 32.3 Å². The summed E-state index contributed by atoms with van der Waals surface area (Å²) >= 11 is 0. The van der Waals surface area contributed by atoms with E-state index in [2.05, 4.69) is 19.9 Å². The molecule has 0 bridgehead atoms. The Balaban J connectivity index is 3.12. The van der Waals surface area contributed by atoms with Gasteiger partial charge in [-0.15, -0.1) is 0 Å². The Morgan fingerprint density at radius 1 is 1.44 bits per heavy atom. The van der Waals surface area contributed by atoms with E-state index >= 15 is 0 Å². The van der Waals surface area contributed by atoms with Gasteiger partial charge in [-0.25, -0.2) is 4.39 Å². The molecule has 0 spiro atoms. The zero-order chi connectivity index (χ0) is 13.5. The number of ether oxygens (including phenoxy) is 1. The number of allylic oxidation sites excluding steroid dienone is 2. The molecule has 100 valence electrons. The van der Waals surface area contributed by atoms with Gasteiger partial charge in [0.15, 0.2) is 0 Å². The third-order valence-electron chi connectivity index (χ3n) is 2.87. The van der Waals surface area contributed by atoms with Crippen molar-refractivity contribution in [3.63, 3.8) is 0 Å². The Morgan fingerprint density at radius 2 is 2.17 bits per heavy atom. The molecule has 2 N–H and O–H groups in total. The van der Waals surface area contributed by atoms with Crippen LogP contribution in [0.4, 0.5) is 4.39 Å². The fourth-order valence-electron chi connectivity index (χ4n) is 1.94. The van der Waals surface area contributed by atoms with Gasteiger partial charge in [-0.2, -0.15) is 0 Å². The van der Waals surface area contributed by atoms with Crippen molar-refractivity contribution in [1.82, 2.24) is 0 Å². The summed E-state index contributed by atoms with van der Waals surface area (Å²) in [6.45, 7) is 4.86. The molecule has 18 heavy (non-hydrogen) atoms. The Kier molecular flexibility index (Phi) is 5.86. The molecule has 0 amide bonds. The largest absolute Gasteiger partial charge is 0.496 e. The number of nitrogens with two attached hydrogens (primary N) is 1. The van der Waals surface area contributed by atoms with Crippen LogP contribution in [-0.4, -0.2) is 13.7 Å². The van der Waals surface area contributed by atoms with E-state index in [9.17, 15) is 4.39 Å². The second-order valence-corrected chi connectivity index (χ2v) is 4.59. The highest BCUT2D eigenvalue weighted by atomic mass is 19.1. The van der Waals surface area contributed by atoms with E-state index < -0.39 is 0 Å². The predicted molar refractivity (Wildman–Crippen MR) is 74.1 cm³/mol. The first kappa shape index (κ1) is 14.7. The molecule has 2 nitrogen and oxygen atoms in total. The van der Waals surface area contributed by atoms with Gasteiger partial charge in [0.2, 0.25) is 0 Å². The SMILES string of the molecule is COc1ccc(F)cc1/C(=C/CCCN)C(C)C. The fourth-order valence-corrected chi connectivity index (χ4v) is 1.94. The number of methoxy groups -OCH3 is 1. The maximum Gasteiger partial charge on any atom is 0.126 e. The van der Waals surface area contributed by atoms with Gasteiger partial charge in [0, 0.05) is 5.56 Å². The Bertz CT molecular complexity index is 413. The van der Waals surface area contributed by atoms with Gasteiger partial charge in [-0.1, -0.05) is 19.9 Å². The van der Waals surface area contributed by atoms with Crippen LogP contribution in [0.3, 0.4) is 0 Å². The van der Waals surface area contributed by atoms with Crippen LogP contribution in [0.15, 0.2) is 24.3 Å². The Labute approximate surface area is 109 Å². The third kappa shape index (κ3) is 3.84. The van der Waals surface area contributed by atoms with E-state index in [0.29, 0.717) is 18.2 Å². The Morgan fingerprint density at radius 3 is 2.72 bits per heavy atom. The number of hydrogen-bond acceptors (Lipinski definition) is 2. The number of benzene rings is 1. The molecule has 0 unspecified atom stereocenters. The summed E-state index contributed by atoms with van der Waals surface area (Å²) in [6.07, 6.45) is 3.98. The zero-order valence-corrected chi connectivity index (χ0v) is 11.4. The first-order valence-electron chi connectivity index (χ1n) is 6.34. The number of hydrogen-bond donors (Lipinski definition) is 1. The smallest absolute Gasteiger partial charge is 0.126 e. The van der Waals surface area contributed by atoms with Crippen LogP contribution < -0.4 is 10.5 Å². The first-order chi connectivity index (χ1) is 8.60. The normalized spacial score (nSPS) is 12.0. The number of unbranched alkanes of at least 4 members (excludes halogenated alkanes) is 1. The van der Waals surface area contributed by atoms with Gasteiger partial charge in [-0.05, 0) is 49.1 Å². The minimum atomic E-state index is -0.240. The lowest BCUT2D eigenvalue weighted by Gasteiger charge is -2.16. The lowest BCUT2D eigenvalue weighted by atomic mass is 9.93. The summed E-state index contributed by atoms with van der Waals surface area (Å²) in [5.41, 5.74) is 7.44. The highest BCUT2D eigenvalue weighted by Crippen LogP contribution is 2.32. The second-order valence-electron chi connectivity index (χ2n) is 4.59. The average molecular weight is 251 g/mol. The van der Waals surface area contributed by atoms with E-state index in [0.717, 1.165) is 24.0 Å². The van der Waals surface area contributed by atoms with Crippen LogP contribution in [0.5, 0.6) is 5.75 Å². The van der Waals surface area contributed by atoms with Gasteiger partial charge >= 0.3 is 0 Å². The standard InChI is InChI=1S/C15H22FNO/c1-11(2)13(6-4-5-9-17)14-10-12(16)7-8-15(14)18-3/h6-8,10-11H,4-5,9,17H2,1-3H3/b13-6+. The molecule has 0 aliphatic heterocycles. The number of rotatable bonds is 6. The molecule has 0 aromatic heterocycles. The molecule has 1 aromatic rings. The molecule has 0 fully saturated rings. The molecule has 0 saturated heterocycles. The van der Waals surface area contributed by atoms with Crippen LogP contribution in [0, 0.1) is 11.7 Å². The lowest BCUT2D eigenvalue weighted by Crippen LogP contribution is -2.00. The van der Waals surface area contributed by atoms with Crippen LogP contribution >= 0.6 is 0 Å². The maximum atomic E-state index is 13.4. The Hall–Kier alpha value is -1.35. The molecule has 0 atom stereocenters. The third-order valence-corrected chi connectivity index (χ3v) is 2.87. The van der Waals surface area contributed by atoms with Crippen LogP contribution in [-0.2, 0) is 0 Å². The van der Waals surface area contributed by atoms with Crippen molar-refractivity contribution in [3.8, 4) is 5.75 Å². The minimum Gasteiger partial charge on any atom is -0.496 e. The minimum absolute atomic E-state index is 0.240. The molecule has 3 heteroatoms. The number of halogens is 1. The summed E-state index contributed by atoms with van der Waals surface area (Å²) < 4.78 is 18.7. The van der Waals surface area contributed by atoms with E-state index in [4.69, 9.17) is 10.5 Å². The molecule has 0 heterocycles. The molecular weight excluding hydrogens is 229 g/mol. The first-order valence-corrected chi connectivity index (χ1v) is 6.34. The second kappa shape index (κ2) is 7.17. The van der Waals surface area contributed by atoms with Crippen molar-refractivity contribution in [1.29, 1.82) is 0 Å². The average Bonchev–Trinajstić information content (AvgIpc) is 2.34. The van der Waals surface area contributed by atoms with Gasteiger partial charge in [0.05, 0.1) is 7.11 Å². The van der Waals surface area contributed by atoms with E-state index in [-0.39, 0.29) is 5.82 Å². The van der Waals surface area contributed by atoms with E-state index in [1.54, 1.807) is 13.2 Å². The summed E-state index contributed by atoms with van der Waals surface area (Å²) in [6, 6.07) is 4.62. The van der Waals surface area contributed by atoms with Crippen molar-refractivity contribution in [3.05, 3.63) is 35.7 Å². The molecule has 0 radical (unpaired) electrons. The highest BCUT2D eigenvalue weighted by Gasteiger charge is 2.12. The maximum absolute atomic E-state index is 13.4. The monoisotopic (exact) mass is 251 g/mol. The van der Waals surface area contributed by atoms with Crippen LogP contribution in [0.25, 0.3) is 5.57 Å². The molecule has 1 aromatic carbocycles. The van der Waals surface area contributed by atoms with Gasteiger partial charge in [-0.3, -0.25) is 0 Å². The molecule has 0 aliphatic carbocycles. The quantitative estimate of drug-likeness (QED) is 0.784. The molecule has 0 aliphatic rings. The van der Waals surface area contributed by atoms with Gasteiger partial charge < -0.3 is 10.5 Å². The fraction of sp³-hybridized carbons (Fsp3) is 0.467. The van der Waals surface area contributed by atoms with Crippen molar-refractivity contribution < 1.29 is 9.13 Å². The zero-order valence-electron chi connectivity index (χ0n) is 11.4. The van der Waals surface area contributed by atoms with Crippen molar-refractivity contribution in [2.45, 2.75) is 26.7 Å². The summed E-state index contributed by atoms with van der Waals surface area (Å²) in [4.78, 5) is 0. The lowest BCUT2D eigenvalue weighted by molar-refractivity contribution is 0.412. The van der Waals surface area contributed by atoms with Crippen molar-refractivity contribution in [2.75, 3.05) is 13.7 Å². The molecule has 1 rings (SSSR count). The summed E-state index contributed by atoms with van der Waals surface area (Å²) in [5.74, 6) is 0.791. The molecule has 0 saturated carbocycles. The summed E-state index contributed by atoms with van der Waals surface area (Å²) in [7, 11) is 1.61.